The summed E-state index contributed by atoms with van der Waals surface area (Å²) < 4.78 is 27.1. The Morgan fingerprint density at radius 1 is 1.23 bits per heavy atom. The average molecular weight is 395 g/mol. The Morgan fingerprint density at radius 3 is 2.65 bits per heavy atom. The monoisotopic (exact) mass is 394 g/mol. The summed E-state index contributed by atoms with van der Waals surface area (Å²) in [4.78, 5) is 6.57. The Balaban J connectivity index is 1.94. The van der Waals surface area contributed by atoms with Crippen LogP contribution >= 0.6 is 11.3 Å². The highest BCUT2D eigenvalue weighted by Crippen LogP contribution is 2.14. The fraction of sp³-hybridized carbons (Fsp3) is 0.389. The van der Waals surface area contributed by atoms with E-state index in [2.05, 4.69) is 34.1 Å². The fourth-order valence-electron chi connectivity index (χ4n) is 2.42. The van der Waals surface area contributed by atoms with E-state index in [1.54, 1.807) is 17.5 Å². The summed E-state index contributed by atoms with van der Waals surface area (Å²) in [7, 11) is -1.46. The van der Waals surface area contributed by atoms with E-state index in [-0.39, 0.29) is 6.54 Å². The molecule has 26 heavy (non-hydrogen) atoms. The maximum Gasteiger partial charge on any atom is 0.250 e. The van der Waals surface area contributed by atoms with Gasteiger partial charge in [0.15, 0.2) is 5.96 Å². The smallest absolute Gasteiger partial charge is 0.250 e. The van der Waals surface area contributed by atoms with Crippen molar-refractivity contribution >= 4 is 27.3 Å². The van der Waals surface area contributed by atoms with Crippen LogP contribution in [-0.4, -0.2) is 46.0 Å². The molecule has 0 saturated carbocycles. The van der Waals surface area contributed by atoms with Crippen LogP contribution in [0.1, 0.15) is 18.1 Å². The molecule has 0 unspecified atom stereocenters. The first kappa shape index (κ1) is 20.4. The third kappa shape index (κ3) is 5.82. The first-order valence-electron chi connectivity index (χ1n) is 8.51. The number of nitrogens with zero attached hydrogens (tertiary/aromatic N) is 2. The van der Waals surface area contributed by atoms with Gasteiger partial charge < -0.3 is 10.2 Å². The molecule has 0 fully saturated rings. The van der Waals surface area contributed by atoms with E-state index in [0.29, 0.717) is 10.8 Å². The van der Waals surface area contributed by atoms with Crippen LogP contribution in [0.3, 0.4) is 0 Å². The molecule has 0 radical (unpaired) electrons. The molecule has 0 aliphatic rings. The van der Waals surface area contributed by atoms with Gasteiger partial charge in [-0.3, -0.25) is 4.99 Å². The van der Waals surface area contributed by atoms with Crippen molar-refractivity contribution in [3.8, 4) is 0 Å². The number of aliphatic imine (C=N–C) groups is 1. The minimum Gasteiger partial charge on any atom is -0.357 e. The van der Waals surface area contributed by atoms with E-state index in [1.807, 2.05) is 31.0 Å². The first-order valence-corrected chi connectivity index (χ1v) is 10.9. The number of hydrogen-bond donors (Lipinski definition) is 2. The Labute approximate surface area is 160 Å². The van der Waals surface area contributed by atoms with Crippen LogP contribution in [0.25, 0.3) is 0 Å². The summed E-state index contributed by atoms with van der Waals surface area (Å²) in [6.45, 7) is 6.21. The van der Waals surface area contributed by atoms with E-state index < -0.39 is 10.0 Å². The van der Waals surface area contributed by atoms with Gasteiger partial charge in [-0.05, 0) is 36.4 Å². The van der Waals surface area contributed by atoms with Crippen LogP contribution in [0.4, 0.5) is 0 Å². The summed E-state index contributed by atoms with van der Waals surface area (Å²) in [6.07, 6.45) is 0. The lowest BCUT2D eigenvalue weighted by atomic mass is 10.1. The summed E-state index contributed by atoms with van der Waals surface area (Å²) in [5, 5.41) is 4.99. The quantitative estimate of drug-likeness (QED) is 0.410. The van der Waals surface area contributed by atoms with Gasteiger partial charge in [-0.25, -0.2) is 13.1 Å². The van der Waals surface area contributed by atoms with Crippen molar-refractivity contribution in [2.45, 2.75) is 24.6 Å². The minimum absolute atomic E-state index is 0.257. The van der Waals surface area contributed by atoms with Crippen molar-refractivity contribution in [3.63, 3.8) is 0 Å². The molecule has 1 aromatic heterocycles. The molecule has 0 aliphatic carbocycles. The van der Waals surface area contributed by atoms with Crippen molar-refractivity contribution in [2.24, 2.45) is 4.99 Å². The molecule has 1 heterocycles. The zero-order valence-electron chi connectivity index (χ0n) is 15.4. The Hall–Kier alpha value is -1.90. The van der Waals surface area contributed by atoms with Gasteiger partial charge in [0, 0.05) is 26.7 Å². The van der Waals surface area contributed by atoms with Gasteiger partial charge in [0.25, 0.3) is 0 Å². The lowest BCUT2D eigenvalue weighted by Crippen LogP contribution is -2.39. The maximum atomic E-state index is 12.1. The van der Waals surface area contributed by atoms with Gasteiger partial charge in [0.05, 0.1) is 6.54 Å². The molecule has 0 bridgehead atoms. The van der Waals surface area contributed by atoms with Gasteiger partial charge in [0.2, 0.25) is 10.0 Å². The second kappa shape index (κ2) is 9.70. The molecular formula is C18H26N4O2S2. The van der Waals surface area contributed by atoms with Gasteiger partial charge in [-0.1, -0.05) is 30.3 Å². The molecule has 142 valence electrons. The molecule has 1 aromatic carbocycles. The molecule has 0 atom stereocenters. The number of rotatable bonds is 8. The van der Waals surface area contributed by atoms with Gasteiger partial charge in [-0.15, -0.1) is 11.3 Å². The van der Waals surface area contributed by atoms with Crippen molar-refractivity contribution in [1.29, 1.82) is 0 Å². The number of sulfonamides is 1. The van der Waals surface area contributed by atoms with Gasteiger partial charge in [-0.2, -0.15) is 0 Å². The van der Waals surface area contributed by atoms with Crippen molar-refractivity contribution in [3.05, 3.63) is 52.9 Å². The lowest BCUT2D eigenvalue weighted by molar-refractivity contribution is 0.475. The molecule has 0 amide bonds. The average Bonchev–Trinajstić information content (AvgIpc) is 3.15. The van der Waals surface area contributed by atoms with E-state index in [9.17, 15) is 8.42 Å². The van der Waals surface area contributed by atoms with Crippen LogP contribution in [-0.2, 0) is 16.6 Å². The summed E-state index contributed by atoms with van der Waals surface area (Å²) in [6, 6.07) is 11.6. The van der Waals surface area contributed by atoms with Crippen molar-refractivity contribution in [1.82, 2.24) is 14.9 Å². The largest absolute Gasteiger partial charge is 0.357 e. The third-order valence-electron chi connectivity index (χ3n) is 3.79. The second-order valence-corrected chi connectivity index (χ2v) is 8.79. The molecule has 6 nitrogen and oxygen atoms in total. The standard InChI is InChI=1S/C18H26N4O2S2/c1-4-19-18(22(3)14-16-9-6-5-8-15(16)2)20-11-12-21-26(23,24)17-10-7-13-25-17/h5-10,13,21H,4,11-12,14H2,1-3H3,(H,19,20). The summed E-state index contributed by atoms with van der Waals surface area (Å²) in [5.41, 5.74) is 2.47. The van der Waals surface area contributed by atoms with Crippen molar-refractivity contribution < 1.29 is 8.42 Å². The van der Waals surface area contributed by atoms with Crippen LogP contribution < -0.4 is 10.0 Å². The zero-order chi connectivity index (χ0) is 19.0. The maximum absolute atomic E-state index is 12.1. The first-order chi connectivity index (χ1) is 12.4. The van der Waals surface area contributed by atoms with E-state index in [0.717, 1.165) is 19.0 Å². The molecule has 2 N–H and O–H groups in total. The molecular weight excluding hydrogens is 368 g/mol. The van der Waals surface area contributed by atoms with Gasteiger partial charge >= 0.3 is 0 Å². The Bertz CT molecular complexity index is 817. The van der Waals surface area contributed by atoms with Gasteiger partial charge in [0.1, 0.15) is 4.21 Å². The minimum atomic E-state index is -3.44. The highest BCUT2D eigenvalue weighted by atomic mass is 32.2. The molecule has 0 aliphatic heterocycles. The molecule has 2 aromatic rings. The van der Waals surface area contributed by atoms with Crippen molar-refractivity contribution in [2.75, 3.05) is 26.7 Å². The molecule has 8 heteroatoms. The summed E-state index contributed by atoms with van der Waals surface area (Å²) in [5.74, 6) is 0.756. The van der Waals surface area contributed by atoms with E-state index >= 15 is 0 Å². The molecule has 2 rings (SSSR count). The van der Waals surface area contributed by atoms with Crippen LogP contribution in [0, 0.1) is 6.92 Å². The SMILES string of the molecule is CCNC(=NCCNS(=O)(=O)c1cccs1)N(C)Cc1ccccc1C. The number of benzene rings is 1. The number of aryl methyl sites for hydroxylation is 1. The lowest BCUT2D eigenvalue weighted by Gasteiger charge is -2.23. The normalized spacial score (nSPS) is 12.2. The molecule has 0 saturated heterocycles. The third-order valence-corrected chi connectivity index (χ3v) is 6.65. The number of thiophene rings is 1. The van der Waals surface area contributed by atoms with E-state index in [4.69, 9.17) is 0 Å². The van der Waals surface area contributed by atoms with Crippen LogP contribution in [0.2, 0.25) is 0 Å². The Morgan fingerprint density at radius 2 is 2.00 bits per heavy atom. The predicted molar refractivity (Wildman–Crippen MR) is 108 cm³/mol. The highest BCUT2D eigenvalue weighted by Gasteiger charge is 2.14. The van der Waals surface area contributed by atoms with E-state index in [1.165, 1.54) is 22.5 Å². The Kier molecular flexibility index (Phi) is 7.62. The zero-order valence-corrected chi connectivity index (χ0v) is 17.0. The second-order valence-electron chi connectivity index (χ2n) is 5.85. The summed E-state index contributed by atoms with van der Waals surface area (Å²) >= 11 is 1.20. The number of nitrogens with one attached hydrogen (secondary N) is 2. The molecule has 0 spiro atoms. The topological polar surface area (TPSA) is 73.8 Å². The predicted octanol–water partition coefficient (Wildman–Crippen LogP) is 2.43. The highest BCUT2D eigenvalue weighted by molar-refractivity contribution is 7.91. The van der Waals surface area contributed by atoms with Crippen LogP contribution in [0.15, 0.2) is 51.0 Å². The fourth-order valence-corrected chi connectivity index (χ4v) is 4.48. The van der Waals surface area contributed by atoms with Crippen LogP contribution in [0.5, 0.6) is 0 Å². The number of guanidine groups is 1. The number of hydrogen-bond acceptors (Lipinski definition) is 4.